The Bertz CT molecular complexity index is 692. The van der Waals surface area contributed by atoms with Crippen molar-refractivity contribution in [3.05, 3.63) is 58.3 Å². The lowest BCUT2D eigenvalue weighted by Crippen LogP contribution is -2.45. The van der Waals surface area contributed by atoms with Crippen LogP contribution in [0, 0.1) is 0 Å². The van der Waals surface area contributed by atoms with Crippen molar-refractivity contribution in [3.8, 4) is 0 Å². The highest BCUT2D eigenvalue weighted by molar-refractivity contribution is 14.0. The lowest BCUT2D eigenvalue weighted by molar-refractivity contribution is 0.0677. The molecule has 0 bridgehead atoms. The Balaban J connectivity index is 0.00000392. The van der Waals surface area contributed by atoms with Crippen LogP contribution in [0.4, 0.5) is 0 Å². The first-order valence-corrected chi connectivity index (χ1v) is 10.4. The molecule has 156 valence electrons. The largest absolute Gasteiger partial charge is 0.383 e. The highest BCUT2D eigenvalue weighted by Gasteiger charge is 2.23. The Kier molecular flexibility index (Phi) is 11.0. The van der Waals surface area contributed by atoms with Crippen molar-refractivity contribution in [2.24, 2.45) is 4.99 Å². The third kappa shape index (κ3) is 8.06. The van der Waals surface area contributed by atoms with Gasteiger partial charge < -0.3 is 15.7 Å². The van der Waals surface area contributed by atoms with E-state index in [1.165, 1.54) is 5.56 Å². The summed E-state index contributed by atoms with van der Waals surface area (Å²) in [5.74, 6) is 0.730. The monoisotopic (exact) mass is 516 g/mol. The predicted molar refractivity (Wildman–Crippen MR) is 131 cm³/mol. The third-order valence-electron chi connectivity index (χ3n) is 4.62. The molecular formula is C21H33IN4OS. The highest BCUT2D eigenvalue weighted by atomic mass is 127. The molecule has 0 radical (unpaired) electrons. The minimum Gasteiger partial charge on any atom is -0.383 e. The molecule has 1 heterocycles. The summed E-state index contributed by atoms with van der Waals surface area (Å²) >= 11 is 1.58. The van der Waals surface area contributed by atoms with Crippen LogP contribution < -0.4 is 10.6 Å². The Hall–Kier alpha value is -1.16. The van der Waals surface area contributed by atoms with Gasteiger partial charge in [-0.25, -0.2) is 4.99 Å². The molecule has 0 saturated carbocycles. The molecule has 0 fully saturated rings. The van der Waals surface area contributed by atoms with Gasteiger partial charge in [-0.3, -0.25) is 4.90 Å². The number of guanidine groups is 1. The molecule has 2 atom stereocenters. The van der Waals surface area contributed by atoms with E-state index >= 15 is 0 Å². The van der Waals surface area contributed by atoms with E-state index in [0.29, 0.717) is 12.6 Å². The molecule has 28 heavy (non-hydrogen) atoms. The van der Waals surface area contributed by atoms with Crippen molar-refractivity contribution in [1.29, 1.82) is 0 Å². The van der Waals surface area contributed by atoms with E-state index < -0.39 is 5.60 Å². The number of nitrogens with zero attached hydrogens (tertiary/aromatic N) is 2. The molecule has 3 N–H and O–H groups in total. The number of thiophene rings is 1. The fourth-order valence-electron chi connectivity index (χ4n) is 2.66. The number of aliphatic imine (C=N–C) groups is 1. The molecule has 7 heteroatoms. The lowest BCUT2D eigenvalue weighted by atomic mass is 10.00. The maximum Gasteiger partial charge on any atom is 0.191 e. The topological polar surface area (TPSA) is 59.9 Å². The second-order valence-corrected chi connectivity index (χ2v) is 7.89. The van der Waals surface area contributed by atoms with Gasteiger partial charge in [-0.2, -0.15) is 11.3 Å². The molecular weight excluding hydrogens is 483 g/mol. The molecule has 1 aromatic carbocycles. The van der Waals surface area contributed by atoms with Gasteiger partial charge in [-0.1, -0.05) is 30.3 Å². The van der Waals surface area contributed by atoms with Crippen molar-refractivity contribution in [3.63, 3.8) is 0 Å². The van der Waals surface area contributed by atoms with E-state index in [1.807, 2.05) is 29.8 Å². The summed E-state index contributed by atoms with van der Waals surface area (Å²) in [5.41, 5.74) is 1.25. The molecule has 0 aliphatic heterocycles. The van der Waals surface area contributed by atoms with Gasteiger partial charge in [0.15, 0.2) is 5.96 Å². The first kappa shape index (κ1) is 24.9. The number of nitrogens with one attached hydrogen (secondary N) is 2. The zero-order chi connectivity index (χ0) is 19.7. The molecule has 0 saturated heterocycles. The molecule has 5 nitrogen and oxygen atoms in total. The summed E-state index contributed by atoms with van der Waals surface area (Å²) in [7, 11) is 2.13. The van der Waals surface area contributed by atoms with E-state index in [9.17, 15) is 5.11 Å². The zero-order valence-corrected chi connectivity index (χ0v) is 20.3. The summed E-state index contributed by atoms with van der Waals surface area (Å²) in [6, 6.07) is 12.8. The van der Waals surface area contributed by atoms with Gasteiger partial charge in [-0.05, 0) is 55.8 Å². The minimum atomic E-state index is -0.960. The minimum absolute atomic E-state index is 0. The summed E-state index contributed by atoms with van der Waals surface area (Å²) in [6.45, 7) is 8.81. The van der Waals surface area contributed by atoms with Crippen LogP contribution in [0.1, 0.15) is 31.9 Å². The number of likely N-dealkylation sites (N-methyl/N-ethyl adjacent to an activating group) is 1. The van der Waals surface area contributed by atoms with Crippen LogP contribution in [-0.4, -0.2) is 48.7 Å². The van der Waals surface area contributed by atoms with Gasteiger partial charge >= 0.3 is 0 Å². The van der Waals surface area contributed by atoms with E-state index in [1.54, 1.807) is 18.3 Å². The molecule has 0 amide bonds. The normalized spacial score (nSPS) is 14.9. The predicted octanol–water partition coefficient (Wildman–Crippen LogP) is 3.65. The average molecular weight is 516 g/mol. The van der Waals surface area contributed by atoms with Crippen LogP contribution in [0.25, 0.3) is 0 Å². The molecule has 0 spiro atoms. The summed E-state index contributed by atoms with van der Waals surface area (Å²) in [4.78, 5) is 6.90. The van der Waals surface area contributed by atoms with Crippen molar-refractivity contribution >= 4 is 41.3 Å². The highest BCUT2D eigenvalue weighted by Crippen LogP contribution is 2.23. The molecule has 0 aliphatic carbocycles. The summed E-state index contributed by atoms with van der Waals surface area (Å²) in [5, 5.41) is 21.2. The number of aliphatic hydroxyl groups is 1. The van der Waals surface area contributed by atoms with Gasteiger partial charge in [0.1, 0.15) is 5.60 Å². The number of benzene rings is 1. The van der Waals surface area contributed by atoms with Crippen molar-refractivity contribution in [2.45, 2.75) is 39.0 Å². The maximum atomic E-state index is 10.7. The van der Waals surface area contributed by atoms with Gasteiger partial charge in [-0.15, -0.1) is 24.0 Å². The van der Waals surface area contributed by atoms with Crippen molar-refractivity contribution in [2.75, 3.05) is 26.7 Å². The van der Waals surface area contributed by atoms with Gasteiger partial charge in [0.25, 0.3) is 0 Å². The van der Waals surface area contributed by atoms with Crippen LogP contribution in [0.15, 0.2) is 52.2 Å². The Labute approximate surface area is 190 Å². The summed E-state index contributed by atoms with van der Waals surface area (Å²) in [6.07, 6.45) is 0. The van der Waals surface area contributed by atoms with Crippen LogP contribution in [0.2, 0.25) is 0 Å². The van der Waals surface area contributed by atoms with E-state index in [4.69, 9.17) is 0 Å². The van der Waals surface area contributed by atoms with Crippen LogP contribution in [0.3, 0.4) is 0 Å². The second-order valence-electron chi connectivity index (χ2n) is 7.11. The zero-order valence-electron chi connectivity index (χ0n) is 17.2. The molecule has 0 aliphatic rings. The fraction of sp³-hybridized carbons (Fsp3) is 0.476. The molecule has 2 aromatic rings. The molecule has 2 rings (SSSR count). The van der Waals surface area contributed by atoms with E-state index in [2.05, 4.69) is 58.8 Å². The van der Waals surface area contributed by atoms with Crippen molar-refractivity contribution in [1.82, 2.24) is 15.5 Å². The van der Waals surface area contributed by atoms with Gasteiger partial charge in [0, 0.05) is 25.7 Å². The third-order valence-corrected chi connectivity index (χ3v) is 5.31. The van der Waals surface area contributed by atoms with Crippen LogP contribution in [0.5, 0.6) is 0 Å². The number of rotatable bonds is 9. The Morgan fingerprint density at radius 1 is 1.25 bits per heavy atom. The van der Waals surface area contributed by atoms with Gasteiger partial charge in [0.2, 0.25) is 0 Å². The number of hydrogen-bond acceptors (Lipinski definition) is 4. The maximum absolute atomic E-state index is 10.7. The standard InChI is InChI=1S/C21H32N4OS.HI/c1-5-22-20(24-16-21(3,26)19-11-12-27-15-19)23-13-17(2)25(4)14-18-9-7-6-8-10-18;/h6-12,15,17,26H,5,13-14,16H2,1-4H3,(H2,22,23,24);1H. The fourth-order valence-corrected chi connectivity index (χ4v) is 3.45. The molecule has 1 aromatic heterocycles. The molecule has 2 unspecified atom stereocenters. The first-order chi connectivity index (χ1) is 12.9. The van der Waals surface area contributed by atoms with Crippen molar-refractivity contribution < 1.29 is 5.11 Å². The van der Waals surface area contributed by atoms with E-state index in [-0.39, 0.29) is 24.0 Å². The SMILES string of the molecule is CCNC(=NCC(C)(O)c1ccsc1)NCC(C)N(C)Cc1ccccc1.I. The lowest BCUT2D eigenvalue weighted by Gasteiger charge is -2.26. The Morgan fingerprint density at radius 2 is 1.96 bits per heavy atom. The van der Waals surface area contributed by atoms with Crippen LogP contribution >= 0.6 is 35.3 Å². The quantitative estimate of drug-likeness (QED) is 0.271. The number of hydrogen-bond donors (Lipinski definition) is 3. The summed E-state index contributed by atoms with van der Waals surface area (Å²) < 4.78 is 0. The Morgan fingerprint density at radius 3 is 2.57 bits per heavy atom. The second kappa shape index (κ2) is 12.4. The average Bonchev–Trinajstić information content (AvgIpc) is 3.20. The van der Waals surface area contributed by atoms with Gasteiger partial charge in [0.05, 0.1) is 6.54 Å². The van der Waals surface area contributed by atoms with Crippen LogP contribution in [-0.2, 0) is 12.1 Å². The first-order valence-electron chi connectivity index (χ1n) is 9.43. The smallest absolute Gasteiger partial charge is 0.191 e. The van der Waals surface area contributed by atoms with E-state index in [0.717, 1.165) is 31.2 Å². The number of halogens is 1.